The molecule has 16 rings (SSSR count). The number of benzene rings is 10. The lowest BCUT2D eigenvalue weighted by atomic mass is 9.93. The van der Waals surface area contributed by atoms with Gasteiger partial charge in [-0.3, -0.25) is 43.5 Å². The zero-order valence-electron chi connectivity index (χ0n) is 66.6. The number of carbonyl (C=O) groups excluding carboxylic acids is 13. The van der Waals surface area contributed by atoms with Gasteiger partial charge in [-0.25, -0.2) is 33.6 Å². The molecular formula is C95H78N4O27. The van der Waals surface area contributed by atoms with E-state index < -0.39 is 196 Å². The lowest BCUT2D eigenvalue weighted by Gasteiger charge is -2.50. The van der Waals surface area contributed by atoms with Crippen LogP contribution in [-0.2, 0) is 68.2 Å². The van der Waals surface area contributed by atoms with Gasteiger partial charge in [-0.05, 0) is 121 Å². The summed E-state index contributed by atoms with van der Waals surface area (Å²) in [5.41, 5.74) is -0.753. The normalized spacial score (nSPS) is 23.5. The first-order valence-electron chi connectivity index (χ1n) is 40.2. The third-order valence-electron chi connectivity index (χ3n) is 21.8. The average Bonchev–Trinajstić information content (AvgIpc) is 1.55. The van der Waals surface area contributed by atoms with Crippen LogP contribution in [-0.4, -0.2) is 222 Å². The fourth-order valence-corrected chi connectivity index (χ4v) is 15.8. The smallest absolute Gasteiger partial charge is 0.407 e. The van der Waals surface area contributed by atoms with Crippen LogP contribution in [0.25, 0.3) is 0 Å². The molecule has 0 bridgehead atoms. The van der Waals surface area contributed by atoms with E-state index in [1.807, 2.05) is 0 Å². The number of hydrogen-bond acceptors (Lipinski definition) is 27. The summed E-state index contributed by atoms with van der Waals surface area (Å²) in [5.74, 6) is -12.7. The minimum absolute atomic E-state index is 0.0356. The Labute approximate surface area is 718 Å². The molecule has 7 amide bonds. The van der Waals surface area contributed by atoms with Crippen LogP contribution in [0.4, 0.5) is 4.79 Å². The van der Waals surface area contributed by atoms with Crippen LogP contribution < -0.4 is 5.32 Å². The summed E-state index contributed by atoms with van der Waals surface area (Å²) in [4.78, 5) is 198. The largest absolute Gasteiger partial charge is 0.452 e. The van der Waals surface area contributed by atoms with Gasteiger partial charge < -0.3 is 72.0 Å². The molecule has 10 aromatic rings. The molecular weight excluding hydrogens is 1630 g/mol. The molecule has 6 heterocycles. The third kappa shape index (κ3) is 18.0. The van der Waals surface area contributed by atoms with E-state index in [1.54, 1.807) is 66.7 Å². The monoisotopic (exact) mass is 1710 g/mol. The fourth-order valence-electron chi connectivity index (χ4n) is 15.8. The quantitative estimate of drug-likeness (QED) is 0.0190. The Morgan fingerprint density at radius 3 is 0.817 bits per heavy atom. The van der Waals surface area contributed by atoms with E-state index in [1.165, 1.54) is 218 Å². The molecule has 640 valence electrons. The summed E-state index contributed by atoms with van der Waals surface area (Å²) in [6, 6.07) is 64.3. The molecule has 0 unspecified atom stereocenters. The molecule has 10 aromatic carbocycles. The van der Waals surface area contributed by atoms with E-state index in [-0.39, 0.29) is 86.3 Å². The van der Waals surface area contributed by atoms with Gasteiger partial charge >= 0.3 is 41.9 Å². The number of nitrogens with zero attached hydrogens (tertiary/aromatic N) is 3. The predicted molar refractivity (Wildman–Crippen MR) is 436 cm³/mol. The Morgan fingerprint density at radius 2 is 0.540 bits per heavy atom. The SMILES string of the molecule is O=C(NCCCO[C@@H]1O[C@H](CO[C@@H]2O[C@H](CO[C@@H]3O[C@H](CO)[C@@H](OC(=O)c4ccccc4)[C@H](OC(=O)c4ccccc4)[C@H]3N3C(=O)c4ccccc4C3=O)[C@@H](OC(=O)c3ccccc3)[C@H](OC(=O)c3ccccc3)[C@H]2N2C(=O)c3ccccc3C2=O)[C@@H](OC(=O)c2ccccc2)[C@H](OC(=O)c2ccccc2)[C@H]1N1C(=O)c2ccccc2C1=O)OCc1ccccc1. The summed E-state index contributed by atoms with van der Waals surface area (Å²) in [6.45, 7) is -3.83. The summed E-state index contributed by atoms with van der Waals surface area (Å²) in [6.07, 6.45) is -25.6. The van der Waals surface area contributed by atoms with Crippen molar-refractivity contribution in [3.8, 4) is 0 Å². The van der Waals surface area contributed by atoms with Gasteiger partial charge in [0.1, 0.15) is 43.0 Å². The first-order valence-corrected chi connectivity index (χ1v) is 40.2. The van der Waals surface area contributed by atoms with Gasteiger partial charge in [-0.1, -0.05) is 176 Å². The molecule has 0 aromatic heterocycles. The summed E-state index contributed by atoms with van der Waals surface area (Å²) >= 11 is 0. The van der Waals surface area contributed by atoms with Crippen molar-refractivity contribution in [1.29, 1.82) is 0 Å². The maximum Gasteiger partial charge on any atom is 0.407 e. The van der Waals surface area contributed by atoms with Crippen LogP contribution in [0.2, 0.25) is 0 Å². The highest BCUT2D eigenvalue weighted by Crippen LogP contribution is 2.43. The molecule has 2 N–H and O–H groups in total. The van der Waals surface area contributed by atoms with Gasteiger partial charge in [-0.15, -0.1) is 0 Å². The molecule has 31 nitrogen and oxygen atoms in total. The predicted octanol–water partition coefficient (Wildman–Crippen LogP) is 9.87. The fraction of sp³-hybridized carbons (Fsp3) is 0.232. The number of aliphatic hydroxyl groups is 1. The maximum atomic E-state index is 15.7. The number of hydrogen-bond donors (Lipinski definition) is 2. The van der Waals surface area contributed by atoms with E-state index in [2.05, 4.69) is 5.32 Å². The van der Waals surface area contributed by atoms with Crippen molar-refractivity contribution in [3.63, 3.8) is 0 Å². The molecule has 6 aliphatic rings. The molecule has 15 atom stereocenters. The van der Waals surface area contributed by atoms with Gasteiger partial charge in [0.25, 0.3) is 35.4 Å². The first-order chi connectivity index (χ1) is 61.4. The van der Waals surface area contributed by atoms with E-state index >= 15 is 47.9 Å². The summed E-state index contributed by atoms with van der Waals surface area (Å²) in [5, 5.41) is 14.2. The molecule has 6 aliphatic heterocycles. The molecule has 3 saturated heterocycles. The van der Waals surface area contributed by atoms with E-state index in [4.69, 9.17) is 61.6 Å². The zero-order chi connectivity index (χ0) is 87.5. The Kier molecular flexibility index (Phi) is 25.9. The van der Waals surface area contributed by atoms with E-state index in [9.17, 15) is 19.5 Å². The highest BCUT2D eigenvalue weighted by atomic mass is 16.8. The van der Waals surface area contributed by atoms with Crippen molar-refractivity contribution < 1.29 is 129 Å². The third-order valence-corrected chi connectivity index (χ3v) is 21.8. The number of alkyl carbamates (subject to hydrolysis) is 1. The number of amides is 7. The van der Waals surface area contributed by atoms with Crippen LogP contribution in [0.5, 0.6) is 0 Å². The van der Waals surface area contributed by atoms with E-state index in [0.29, 0.717) is 15.4 Å². The van der Waals surface area contributed by atoms with Gasteiger partial charge in [0.2, 0.25) is 0 Å². The number of nitrogens with one attached hydrogen (secondary N) is 1. The molecule has 0 saturated carbocycles. The standard InChI is InChI=1S/C95H78N4O27/c100-51-68-74(121-86(107)56-31-10-2-11-32-56)77(124-89(110)59-37-16-5-17-38-59)72(98-82(103)64-45-24-25-46-65(64)83(98)104)93(118-68)115-54-70-76(123-88(109)58-35-14-4-15-36-58)79(126-91(112)61-41-20-7-21-42-61)73(99-84(105)66-47-26-27-48-67(66)85(99)106)94(120-70)116-53-69-75(122-87(108)57-33-12-3-13-34-57)78(125-90(111)60-39-18-6-19-40-60)71(97-80(101)62-43-22-23-44-63(62)81(97)102)92(119-69)114-50-28-49-96-95(113)117-52-55-29-8-1-9-30-55/h1-27,29-48,68-79,92-94,100H,28,49-54H2,(H,96,113)/t68-,69-,70-,71-,72-,73-,74-,75-,76-,77-,78-,79-,92-,93-,94-/m1/s1. The van der Waals surface area contributed by atoms with Crippen molar-refractivity contribution >= 4 is 77.4 Å². The number of aliphatic hydroxyl groups excluding tert-OH is 1. The lowest BCUT2D eigenvalue weighted by Crippen LogP contribution is -2.70. The average molecular weight is 1710 g/mol. The van der Waals surface area contributed by atoms with Gasteiger partial charge in [0.05, 0.1) is 93.2 Å². The molecule has 31 heteroatoms. The second-order valence-corrected chi connectivity index (χ2v) is 29.7. The number of fused-ring (bicyclic) bond motifs is 3. The Balaban J connectivity index is 0.834. The highest BCUT2D eigenvalue weighted by Gasteiger charge is 2.63. The van der Waals surface area contributed by atoms with Crippen LogP contribution >= 0.6 is 0 Å². The minimum Gasteiger partial charge on any atom is -0.452 e. The number of rotatable bonds is 29. The Hall–Kier alpha value is -14.6. The van der Waals surface area contributed by atoms with Crippen molar-refractivity contribution in [3.05, 3.63) is 357 Å². The Morgan fingerprint density at radius 1 is 0.302 bits per heavy atom. The van der Waals surface area contributed by atoms with Crippen LogP contribution in [0.1, 0.15) is 136 Å². The maximum absolute atomic E-state index is 15.7. The van der Waals surface area contributed by atoms with Crippen molar-refractivity contribution in [1.82, 2.24) is 20.0 Å². The highest BCUT2D eigenvalue weighted by molar-refractivity contribution is 6.23. The van der Waals surface area contributed by atoms with Crippen molar-refractivity contribution in [2.45, 2.75) is 105 Å². The molecule has 126 heavy (non-hydrogen) atoms. The van der Waals surface area contributed by atoms with Crippen molar-refractivity contribution in [2.24, 2.45) is 0 Å². The first kappa shape index (κ1) is 85.0. The number of ether oxygens (including phenoxy) is 13. The van der Waals surface area contributed by atoms with Gasteiger partial charge in [0.15, 0.2) is 55.5 Å². The zero-order valence-corrected chi connectivity index (χ0v) is 66.6. The minimum atomic E-state index is -2.31. The topological polar surface area (TPSA) is 384 Å². The second-order valence-electron chi connectivity index (χ2n) is 29.7. The second kappa shape index (κ2) is 38.5. The van der Waals surface area contributed by atoms with Gasteiger partial charge in [0, 0.05) is 6.54 Å². The molecule has 0 radical (unpaired) electrons. The van der Waals surface area contributed by atoms with Crippen molar-refractivity contribution in [2.75, 3.05) is 33.0 Å². The van der Waals surface area contributed by atoms with Crippen LogP contribution in [0.15, 0.2) is 285 Å². The number of imide groups is 3. The number of esters is 6. The molecule has 0 aliphatic carbocycles. The molecule has 0 spiro atoms. The number of carbonyl (C=O) groups is 13. The van der Waals surface area contributed by atoms with Gasteiger partial charge in [-0.2, -0.15) is 0 Å². The lowest BCUT2D eigenvalue weighted by molar-refractivity contribution is -0.322. The summed E-state index contributed by atoms with van der Waals surface area (Å²) in [7, 11) is 0. The molecule has 3 fully saturated rings. The summed E-state index contributed by atoms with van der Waals surface area (Å²) < 4.78 is 85.5. The van der Waals surface area contributed by atoms with Crippen LogP contribution in [0, 0.1) is 0 Å². The van der Waals surface area contributed by atoms with E-state index in [0.717, 1.165) is 4.90 Å². The van der Waals surface area contributed by atoms with Crippen LogP contribution in [0.3, 0.4) is 0 Å². The Bertz CT molecular complexity index is 5620.